The Labute approximate surface area is 102 Å². The van der Waals surface area contributed by atoms with Crippen LogP contribution in [0.3, 0.4) is 0 Å². The number of sulfonamides is 1. The van der Waals surface area contributed by atoms with Gasteiger partial charge >= 0.3 is 0 Å². The summed E-state index contributed by atoms with van der Waals surface area (Å²) >= 11 is 0. The van der Waals surface area contributed by atoms with E-state index < -0.39 is 10.0 Å². The molecule has 0 unspecified atom stereocenters. The Morgan fingerprint density at radius 2 is 2.24 bits per heavy atom. The second-order valence-electron chi connectivity index (χ2n) is 4.32. The van der Waals surface area contributed by atoms with E-state index >= 15 is 0 Å². The zero-order chi connectivity index (χ0) is 12.3. The minimum absolute atomic E-state index is 0.169. The summed E-state index contributed by atoms with van der Waals surface area (Å²) in [7, 11) is -3.18. The number of aryl methyl sites for hydroxylation is 1. The lowest BCUT2D eigenvalue weighted by molar-refractivity contribution is 0.600. The topological polar surface area (TPSA) is 58.2 Å². The summed E-state index contributed by atoms with van der Waals surface area (Å²) in [5.41, 5.74) is 2.98. The Morgan fingerprint density at radius 3 is 3.00 bits per heavy atom. The van der Waals surface area contributed by atoms with Crippen LogP contribution in [0, 0.1) is 0 Å². The average Bonchev–Trinajstić information content (AvgIpc) is 2.28. The van der Waals surface area contributed by atoms with Crippen LogP contribution in [0.1, 0.15) is 25.3 Å². The molecular weight excluding hydrogens is 236 g/mol. The molecule has 0 aliphatic carbocycles. The van der Waals surface area contributed by atoms with Gasteiger partial charge in [-0.1, -0.05) is 6.92 Å². The predicted molar refractivity (Wildman–Crippen MR) is 71.0 cm³/mol. The smallest absolute Gasteiger partial charge is 0.232 e. The summed E-state index contributed by atoms with van der Waals surface area (Å²) in [4.78, 5) is 0. The van der Waals surface area contributed by atoms with Crippen molar-refractivity contribution in [1.29, 1.82) is 0 Å². The van der Waals surface area contributed by atoms with Crippen LogP contribution >= 0.6 is 0 Å². The molecule has 0 amide bonds. The summed E-state index contributed by atoms with van der Waals surface area (Å²) < 4.78 is 25.9. The fraction of sp³-hybridized carbons (Fsp3) is 0.500. The third-order valence-electron chi connectivity index (χ3n) is 2.79. The zero-order valence-electron chi connectivity index (χ0n) is 9.99. The van der Waals surface area contributed by atoms with E-state index in [4.69, 9.17) is 0 Å². The fourth-order valence-electron chi connectivity index (χ4n) is 2.04. The highest BCUT2D eigenvalue weighted by Crippen LogP contribution is 2.25. The molecule has 0 aromatic heterocycles. The Hall–Kier alpha value is -1.23. The highest BCUT2D eigenvalue weighted by Gasteiger charge is 2.12. The van der Waals surface area contributed by atoms with Crippen LogP contribution in [0.4, 0.5) is 11.4 Å². The Kier molecular flexibility index (Phi) is 3.57. The fourth-order valence-corrected chi connectivity index (χ4v) is 3.16. The number of hydrogen-bond donors (Lipinski definition) is 2. The molecule has 0 saturated heterocycles. The van der Waals surface area contributed by atoms with Gasteiger partial charge in [0.05, 0.1) is 5.75 Å². The second-order valence-corrected chi connectivity index (χ2v) is 6.17. The number of anilines is 2. The first-order chi connectivity index (χ1) is 8.11. The molecule has 0 spiro atoms. The quantitative estimate of drug-likeness (QED) is 0.866. The highest BCUT2D eigenvalue weighted by atomic mass is 32.2. The van der Waals surface area contributed by atoms with Crippen LogP contribution in [0.25, 0.3) is 0 Å². The van der Waals surface area contributed by atoms with Gasteiger partial charge in [0, 0.05) is 17.9 Å². The Morgan fingerprint density at radius 1 is 1.41 bits per heavy atom. The summed E-state index contributed by atoms with van der Waals surface area (Å²) in [6, 6.07) is 5.68. The van der Waals surface area contributed by atoms with Crippen LogP contribution in [-0.2, 0) is 16.4 Å². The molecule has 0 radical (unpaired) electrons. The zero-order valence-corrected chi connectivity index (χ0v) is 10.8. The number of fused-ring (bicyclic) bond motifs is 1. The van der Waals surface area contributed by atoms with Crippen molar-refractivity contribution >= 4 is 21.4 Å². The van der Waals surface area contributed by atoms with E-state index in [1.165, 1.54) is 5.56 Å². The highest BCUT2D eigenvalue weighted by molar-refractivity contribution is 7.92. The van der Waals surface area contributed by atoms with Crippen molar-refractivity contribution in [3.8, 4) is 0 Å². The van der Waals surface area contributed by atoms with Crippen molar-refractivity contribution in [2.75, 3.05) is 22.3 Å². The third-order valence-corrected chi connectivity index (χ3v) is 4.28. The van der Waals surface area contributed by atoms with Gasteiger partial charge in [0.2, 0.25) is 10.0 Å². The van der Waals surface area contributed by atoms with Gasteiger partial charge in [0.15, 0.2) is 0 Å². The van der Waals surface area contributed by atoms with Crippen molar-refractivity contribution in [2.45, 2.75) is 26.2 Å². The van der Waals surface area contributed by atoms with E-state index in [0.29, 0.717) is 12.1 Å². The summed E-state index contributed by atoms with van der Waals surface area (Å²) in [6.07, 6.45) is 2.73. The minimum Gasteiger partial charge on any atom is -0.385 e. The second kappa shape index (κ2) is 4.96. The molecule has 0 atom stereocenters. The van der Waals surface area contributed by atoms with E-state index in [1.807, 2.05) is 25.1 Å². The number of hydrogen-bond acceptors (Lipinski definition) is 3. The molecule has 1 aliphatic heterocycles. The average molecular weight is 254 g/mol. The molecule has 4 nitrogen and oxygen atoms in total. The lowest BCUT2D eigenvalue weighted by Crippen LogP contribution is -2.17. The monoisotopic (exact) mass is 254 g/mol. The SMILES string of the molecule is CCCS(=O)(=O)Nc1ccc2c(c1)CCCN2. The molecule has 94 valence electrons. The third kappa shape index (κ3) is 3.12. The van der Waals surface area contributed by atoms with Gasteiger partial charge in [-0.3, -0.25) is 4.72 Å². The van der Waals surface area contributed by atoms with E-state index in [1.54, 1.807) is 0 Å². The van der Waals surface area contributed by atoms with Crippen molar-refractivity contribution in [2.24, 2.45) is 0 Å². The minimum atomic E-state index is -3.18. The van der Waals surface area contributed by atoms with Crippen molar-refractivity contribution < 1.29 is 8.42 Å². The summed E-state index contributed by atoms with van der Waals surface area (Å²) in [6.45, 7) is 2.85. The van der Waals surface area contributed by atoms with E-state index in [0.717, 1.165) is 25.1 Å². The van der Waals surface area contributed by atoms with Crippen LogP contribution in [0.5, 0.6) is 0 Å². The summed E-state index contributed by atoms with van der Waals surface area (Å²) in [5.74, 6) is 0.169. The molecule has 1 heterocycles. The van der Waals surface area contributed by atoms with Gasteiger partial charge in [-0.25, -0.2) is 8.42 Å². The first kappa shape index (κ1) is 12.2. The van der Waals surface area contributed by atoms with Crippen LogP contribution in [0.15, 0.2) is 18.2 Å². The molecule has 0 fully saturated rings. The van der Waals surface area contributed by atoms with E-state index in [2.05, 4.69) is 10.0 Å². The largest absolute Gasteiger partial charge is 0.385 e. The van der Waals surface area contributed by atoms with Crippen molar-refractivity contribution in [1.82, 2.24) is 0 Å². The summed E-state index contributed by atoms with van der Waals surface area (Å²) in [5, 5.41) is 3.30. The van der Waals surface area contributed by atoms with Crippen LogP contribution < -0.4 is 10.0 Å². The molecule has 1 aromatic rings. The molecule has 5 heteroatoms. The molecule has 2 N–H and O–H groups in total. The molecule has 1 aromatic carbocycles. The lowest BCUT2D eigenvalue weighted by atomic mass is 10.0. The molecule has 1 aliphatic rings. The Bertz CT molecular complexity index is 497. The number of rotatable bonds is 4. The lowest BCUT2D eigenvalue weighted by Gasteiger charge is -2.19. The molecular formula is C12H18N2O2S. The first-order valence-corrected chi connectivity index (χ1v) is 7.63. The van der Waals surface area contributed by atoms with Gasteiger partial charge < -0.3 is 5.32 Å². The maximum Gasteiger partial charge on any atom is 0.232 e. The molecule has 0 bridgehead atoms. The maximum absolute atomic E-state index is 11.6. The first-order valence-electron chi connectivity index (χ1n) is 5.98. The standard InChI is InChI=1S/C12H18N2O2S/c1-2-8-17(15,16)14-11-5-6-12-10(9-11)4-3-7-13-12/h5-6,9,13-14H,2-4,7-8H2,1H3. The number of benzene rings is 1. The predicted octanol–water partition coefficient (Wildman–Crippen LogP) is 2.20. The molecule has 0 saturated carbocycles. The molecule has 17 heavy (non-hydrogen) atoms. The van der Waals surface area contributed by atoms with Crippen LogP contribution in [-0.4, -0.2) is 20.7 Å². The van der Waals surface area contributed by atoms with Crippen LogP contribution in [0.2, 0.25) is 0 Å². The Balaban J connectivity index is 2.17. The van der Waals surface area contributed by atoms with Crippen molar-refractivity contribution in [3.05, 3.63) is 23.8 Å². The molecule has 2 rings (SSSR count). The van der Waals surface area contributed by atoms with Gasteiger partial charge in [0.25, 0.3) is 0 Å². The van der Waals surface area contributed by atoms with Gasteiger partial charge in [-0.2, -0.15) is 0 Å². The van der Waals surface area contributed by atoms with E-state index in [9.17, 15) is 8.42 Å². The maximum atomic E-state index is 11.6. The van der Waals surface area contributed by atoms with E-state index in [-0.39, 0.29) is 5.75 Å². The van der Waals surface area contributed by atoms with Gasteiger partial charge in [0.1, 0.15) is 0 Å². The number of nitrogens with one attached hydrogen (secondary N) is 2. The van der Waals surface area contributed by atoms with Gasteiger partial charge in [-0.05, 0) is 43.0 Å². The normalized spacial score (nSPS) is 14.9. The van der Waals surface area contributed by atoms with Crippen molar-refractivity contribution in [3.63, 3.8) is 0 Å². The van der Waals surface area contributed by atoms with Gasteiger partial charge in [-0.15, -0.1) is 0 Å².